The van der Waals surface area contributed by atoms with E-state index in [1.165, 1.54) is 6.33 Å². The van der Waals surface area contributed by atoms with Crippen molar-refractivity contribution in [3.8, 4) is 17.9 Å². The van der Waals surface area contributed by atoms with E-state index in [0.717, 1.165) is 29.3 Å². The van der Waals surface area contributed by atoms with Crippen LogP contribution in [0, 0.1) is 23.2 Å². The number of carbonyl (C=O) groups excluding carboxylic acids is 1. The highest BCUT2D eigenvalue weighted by atomic mass is 16.6. The minimum atomic E-state index is -0.605. The Balaban J connectivity index is 1.56. The highest BCUT2D eigenvalue weighted by Crippen LogP contribution is 2.32. The Morgan fingerprint density at radius 2 is 2.02 bits per heavy atom. The third-order valence-corrected chi connectivity index (χ3v) is 7.05. The summed E-state index contributed by atoms with van der Waals surface area (Å²) in [5.74, 6) is 6.57. The van der Waals surface area contributed by atoms with Crippen LogP contribution in [0.15, 0.2) is 47.7 Å². The summed E-state index contributed by atoms with van der Waals surface area (Å²) in [6.45, 7) is 8.86. The first-order valence-corrected chi connectivity index (χ1v) is 13.7. The molecule has 1 aliphatic heterocycles. The molecular weight excluding hydrogens is 518 g/mol. The van der Waals surface area contributed by atoms with Gasteiger partial charge in [0, 0.05) is 30.7 Å². The smallest absolute Gasteiger partial charge is 0.407 e. The van der Waals surface area contributed by atoms with E-state index >= 15 is 0 Å². The predicted molar refractivity (Wildman–Crippen MR) is 158 cm³/mol. The summed E-state index contributed by atoms with van der Waals surface area (Å²) in [5.41, 5.74) is 1.95. The lowest BCUT2D eigenvalue weighted by Crippen LogP contribution is -2.49. The first-order chi connectivity index (χ1) is 19.7. The van der Waals surface area contributed by atoms with Crippen LogP contribution in [0.4, 0.5) is 10.6 Å². The van der Waals surface area contributed by atoms with Gasteiger partial charge < -0.3 is 19.5 Å². The van der Waals surface area contributed by atoms with Gasteiger partial charge in [0.2, 0.25) is 0 Å². The number of anilines is 1. The first kappa shape index (κ1) is 27.7. The molecule has 5 rings (SSSR count). The van der Waals surface area contributed by atoms with E-state index in [-0.39, 0.29) is 18.1 Å². The number of para-hydroxylation sites is 1. The van der Waals surface area contributed by atoms with Crippen molar-refractivity contribution in [3.63, 3.8) is 0 Å². The summed E-state index contributed by atoms with van der Waals surface area (Å²) >= 11 is 0. The van der Waals surface area contributed by atoms with Crippen LogP contribution >= 0.6 is 0 Å². The van der Waals surface area contributed by atoms with Gasteiger partial charge in [-0.25, -0.2) is 9.78 Å². The second kappa shape index (κ2) is 11.3. The van der Waals surface area contributed by atoms with Crippen molar-refractivity contribution in [3.05, 3.63) is 64.3 Å². The van der Waals surface area contributed by atoms with Crippen molar-refractivity contribution in [2.45, 2.75) is 65.3 Å². The lowest BCUT2D eigenvalue weighted by Gasteiger charge is -2.35. The standard InChI is InChI=1S/C31H33N7O3/c1-5-6-16-38-27-26(34-20-37(29(27)39)18-21-13-14-33-25-12-8-7-11-23(21)25)24(17-32)28(38)36-15-9-10-22(19-36)35-30(40)41-31(2,3)4/h7-8,11-14,20,22H,9-10,15-16,18-19H2,1-4H3,(H,35,40)/t22-/m1/s1. The minimum absolute atomic E-state index is 0.182. The molecule has 0 saturated carbocycles. The fourth-order valence-corrected chi connectivity index (χ4v) is 5.35. The number of nitrogens with one attached hydrogen (secondary N) is 1. The van der Waals surface area contributed by atoms with Crippen molar-refractivity contribution in [2.24, 2.45) is 0 Å². The number of aromatic nitrogens is 4. The Morgan fingerprint density at radius 1 is 1.22 bits per heavy atom. The van der Waals surface area contributed by atoms with E-state index in [0.29, 0.717) is 42.0 Å². The summed E-state index contributed by atoms with van der Waals surface area (Å²) in [6, 6.07) is 11.8. The quantitative estimate of drug-likeness (QED) is 0.370. The van der Waals surface area contributed by atoms with Crippen LogP contribution in [0.3, 0.4) is 0 Å². The number of nitrogens with zero attached hydrogens (tertiary/aromatic N) is 6. The zero-order chi connectivity index (χ0) is 29.1. The molecule has 4 aromatic rings. The number of carbonyl (C=O) groups is 1. The average Bonchev–Trinajstić information content (AvgIpc) is 3.26. The molecule has 1 aromatic carbocycles. The van der Waals surface area contributed by atoms with E-state index in [4.69, 9.17) is 4.74 Å². The maximum Gasteiger partial charge on any atom is 0.407 e. The Bertz CT molecular complexity index is 1770. The summed E-state index contributed by atoms with van der Waals surface area (Å²) < 4.78 is 8.82. The molecule has 10 nitrogen and oxygen atoms in total. The van der Waals surface area contributed by atoms with E-state index < -0.39 is 11.7 Å². The van der Waals surface area contributed by atoms with Crippen LogP contribution in [-0.4, -0.2) is 49.9 Å². The number of nitriles is 1. The highest BCUT2D eigenvalue weighted by Gasteiger charge is 2.30. The summed E-state index contributed by atoms with van der Waals surface area (Å²) in [5, 5.41) is 14.2. The van der Waals surface area contributed by atoms with Crippen molar-refractivity contribution in [1.82, 2.24) is 24.4 Å². The van der Waals surface area contributed by atoms with Gasteiger partial charge in [-0.2, -0.15) is 5.26 Å². The molecule has 0 radical (unpaired) electrons. The monoisotopic (exact) mass is 551 g/mol. The SMILES string of the molecule is CC#CCn1c(N2CCC[C@@H](NC(=O)OC(C)(C)C)C2)c(C#N)c2ncn(Cc3ccnc4ccccc34)c(=O)c21. The predicted octanol–water partition coefficient (Wildman–Crippen LogP) is 4.18. The number of alkyl carbamates (subject to hydrolysis) is 1. The highest BCUT2D eigenvalue weighted by molar-refractivity contribution is 5.89. The Labute approximate surface area is 238 Å². The molecule has 0 spiro atoms. The number of benzene rings is 1. The van der Waals surface area contributed by atoms with Crippen LogP contribution in [-0.2, 0) is 17.8 Å². The maximum atomic E-state index is 14.0. The number of piperidine rings is 1. The minimum Gasteiger partial charge on any atom is -0.444 e. The maximum absolute atomic E-state index is 14.0. The van der Waals surface area contributed by atoms with Crippen molar-refractivity contribution in [2.75, 3.05) is 18.0 Å². The summed E-state index contributed by atoms with van der Waals surface area (Å²) in [4.78, 5) is 37.6. The molecule has 1 atom stereocenters. The van der Waals surface area contributed by atoms with Gasteiger partial charge >= 0.3 is 6.09 Å². The van der Waals surface area contributed by atoms with Crippen molar-refractivity contribution >= 4 is 33.8 Å². The normalized spacial score (nSPS) is 15.3. The lowest BCUT2D eigenvalue weighted by atomic mass is 10.1. The molecule has 1 N–H and O–H groups in total. The third-order valence-electron chi connectivity index (χ3n) is 7.05. The van der Waals surface area contributed by atoms with Gasteiger partial charge in [-0.1, -0.05) is 24.1 Å². The van der Waals surface area contributed by atoms with E-state index in [2.05, 4.69) is 33.2 Å². The van der Waals surface area contributed by atoms with Crippen LogP contribution in [0.25, 0.3) is 21.9 Å². The Morgan fingerprint density at radius 3 is 2.78 bits per heavy atom. The van der Waals surface area contributed by atoms with E-state index in [9.17, 15) is 14.9 Å². The zero-order valence-electron chi connectivity index (χ0n) is 23.8. The largest absolute Gasteiger partial charge is 0.444 e. The molecule has 4 heterocycles. The van der Waals surface area contributed by atoms with Crippen LogP contribution in [0.5, 0.6) is 0 Å². The topological polar surface area (TPSA) is 118 Å². The van der Waals surface area contributed by atoms with Gasteiger partial charge in [0.25, 0.3) is 5.56 Å². The second-order valence-corrected chi connectivity index (χ2v) is 11.1. The average molecular weight is 552 g/mol. The molecule has 41 heavy (non-hydrogen) atoms. The Hall–Kier alpha value is -4.83. The number of rotatable bonds is 5. The first-order valence-electron chi connectivity index (χ1n) is 13.7. The number of hydrogen-bond acceptors (Lipinski definition) is 7. The number of pyridine rings is 1. The molecule has 1 amide bonds. The molecule has 1 fully saturated rings. The Kier molecular flexibility index (Phi) is 7.67. The van der Waals surface area contributed by atoms with Gasteiger partial charge in [0.05, 0.1) is 24.9 Å². The van der Waals surface area contributed by atoms with Crippen LogP contribution < -0.4 is 15.8 Å². The van der Waals surface area contributed by atoms with Gasteiger partial charge in [-0.15, -0.1) is 5.92 Å². The zero-order valence-corrected chi connectivity index (χ0v) is 23.8. The van der Waals surface area contributed by atoms with Crippen molar-refractivity contribution in [1.29, 1.82) is 5.26 Å². The third kappa shape index (κ3) is 5.73. The fourth-order valence-electron chi connectivity index (χ4n) is 5.35. The van der Waals surface area contributed by atoms with E-state index in [1.54, 1.807) is 22.3 Å². The van der Waals surface area contributed by atoms with Gasteiger partial charge in [-0.05, 0) is 58.2 Å². The molecule has 0 bridgehead atoms. The fraction of sp³-hybridized carbons (Fsp3) is 0.387. The molecule has 10 heteroatoms. The number of fused-ring (bicyclic) bond motifs is 2. The molecule has 0 unspecified atom stereocenters. The second-order valence-electron chi connectivity index (χ2n) is 11.1. The molecule has 1 saturated heterocycles. The van der Waals surface area contributed by atoms with Crippen LogP contribution in [0.2, 0.25) is 0 Å². The molecule has 0 aliphatic carbocycles. The van der Waals surface area contributed by atoms with Gasteiger partial charge in [0.1, 0.15) is 34.1 Å². The van der Waals surface area contributed by atoms with E-state index in [1.807, 2.05) is 56.0 Å². The number of ether oxygens (including phenoxy) is 1. The van der Waals surface area contributed by atoms with Gasteiger partial charge in [-0.3, -0.25) is 14.3 Å². The molecular formula is C31H33N7O3. The van der Waals surface area contributed by atoms with Crippen LogP contribution in [0.1, 0.15) is 51.7 Å². The van der Waals surface area contributed by atoms with Gasteiger partial charge in [0.15, 0.2) is 0 Å². The molecule has 210 valence electrons. The number of amides is 1. The molecule has 3 aromatic heterocycles. The van der Waals surface area contributed by atoms with Crippen molar-refractivity contribution < 1.29 is 9.53 Å². The molecule has 1 aliphatic rings. The summed E-state index contributed by atoms with van der Waals surface area (Å²) in [6.07, 6.45) is 4.33. The summed E-state index contributed by atoms with van der Waals surface area (Å²) in [7, 11) is 0. The number of hydrogen-bond donors (Lipinski definition) is 1. The lowest BCUT2D eigenvalue weighted by molar-refractivity contribution is 0.0500.